The molecular formula is C35H37F4N5O4. The molecule has 5 rings (SSSR count). The third-order valence-corrected chi connectivity index (χ3v) is 9.26. The summed E-state index contributed by atoms with van der Waals surface area (Å²) in [6.45, 7) is 3.70. The number of rotatable bonds is 11. The van der Waals surface area contributed by atoms with E-state index in [1.165, 1.54) is 11.0 Å². The minimum absolute atomic E-state index is 0.0483. The molecule has 1 amide bonds. The van der Waals surface area contributed by atoms with E-state index in [1.807, 2.05) is 6.92 Å². The van der Waals surface area contributed by atoms with Crippen molar-refractivity contribution < 1.29 is 37.0 Å². The van der Waals surface area contributed by atoms with Gasteiger partial charge in [0.25, 0.3) is 0 Å². The number of halogens is 4. The number of cyclic esters (lactones) is 1. The number of benzene rings is 2. The van der Waals surface area contributed by atoms with Crippen molar-refractivity contribution in [3.63, 3.8) is 0 Å². The zero-order chi connectivity index (χ0) is 34.6. The number of carbonyl (C=O) groups is 2. The van der Waals surface area contributed by atoms with E-state index in [0.717, 1.165) is 37.8 Å². The Balaban J connectivity index is 1.45. The van der Waals surface area contributed by atoms with Gasteiger partial charge in [-0.2, -0.15) is 18.4 Å². The molecule has 1 saturated heterocycles. The maximum atomic E-state index is 13.6. The molecule has 2 fully saturated rings. The molecule has 9 nitrogen and oxygen atoms in total. The van der Waals surface area contributed by atoms with Crippen LogP contribution in [0.4, 0.5) is 28.2 Å². The number of ether oxygens (including phenoxy) is 1. The summed E-state index contributed by atoms with van der Waals surface area (Å²) in [5, 5.41) is 18.4. The Morgan fingerprint density at radius 1 is 1.12 bits per heavy atom. The van der Waals surface area contributed by atoms with Gasteiger partial charge in [-0.05, 0) is 92.8 Å². The van der Waals surface area contributed by atoms with E-state index in [4.69, 9.17) is 14.7 Å². The van der Waals surface area contributed by atoms with Crippen LogP contribution in [0.25, 0.3) is 11.3 Å². The smallest absolute Gasteiger partial charge is 0.416 e. The first-order chi connectivity index (χ1) is 22.9. The van der Waals surface area contributed by atoms with Crippen LogP contribution >= 0.6 is 0 Å². The summed E-state index contributed by atoms with van der Waals surface area (Å²) in [6, 6.07) is 11.1. The molecule has 1 unspecified atom stereocenters. The second kappa shape index (κ2) is 14.6. The highest BCUT2D eigenvalue weighted by molar-refractivity contribution is 5.71. The van der Waals surface area contributed by atoms with Gasteiger partial charge in [0.1, 0.15) is 18.5 Å². The molecule has 0 spiro atoms. The van der Waals surface area contributed by atoms with Crippen LogP contribution in [0.3, 0.4) is 0 Å². The molecule has 48 heavy (non-hydrogen) atoms. The zero-order valence-electron chi connectivity index (χ0n) is 26.7. The second-order valence-electron chi connectivity index (χ2n) is 12.5. The van der Waals surface area contributed by atoms with Gasteiger partial charge in [0.2, 0.25) is 0 Å². The average molecular weight is 668 g/mol. The number of hydrogen-bond donors (Lipinski definition) is 1. The highest BCUT2D eigenvalue weighted by Crippen LogP contribution is 2.39. The minimum Gasteiger partial charge on any atom is -0.481 e. The summed E-state index contributed by atoms with van der Waals surface area (Å²) in [5.41, 5.74) is 0.998. The van der Waals surface area contributed by atoms with Gasteiger partial charge in [0.15, 0.2) is 5.82 Å². The molecule has 2 aliphatic rings. The predicted octanol–water partition coefficient (Wildman–Crippen LogP) is 7.69. The van der Waals surface area contributed by atoms with Crippen LogP contribution in [-0.2, 0) is 28.9 Å². The van der Waals surface area contributed by atoms with Crippen molar-refractivity contribution in [3.8, 4) is 17.3 Å². The Hall–Kier alpha value is -4.73. The van der Waals surface area contributed by atoms with E-state index in [9.17, 15) is 37.5 Å². The molecule has 1 aliphatic heterocycles. The number of nitriles is 1. The molecule has 2 aromatic carbocycles. The fourth-order valence-electron chi connectivity index (χ4n) is 6.63. The molecule has 13 heteroatoms. The maximum absolute atomic E-state index is 13.6. The summed E-state index contributed by atoms with van der Waals surface area (Å²) >= 11 is 0. The highest BCUT2D eigenvalue weighted by atomic mass is 19.4. The van der Waals surface area contributed by atoms with Gasteiger partial charge >= 0.3 is 18.2 Å². The Bertz CT molecular complexity index is 1670. The summed E-state index contributed by atoms with van der Waals surface area (Å²) in [5.74, 6) is 0.214. The minimum atomic E-state index is -4.71. The average Bonchev–Trinajstić information content (AvgIpc) is 3.35. The molecule has 1 aromatic heterocycles. The van der Waals surface area contributed by atoms with Crippen molar-refractivity contribution in [2.75, 3.05) is 18.0 Å². The lowest BCUT2D eigenvalue weighted by atomic mass is 9.80. The van der Waals surface area contributed by atoms with Crippen LogP contribution in [0.5, 0.6) is 0 Å². The first kappa shape index (κ1) is 34.6. The van der Waals surface area contributed by atoms with Crippen molar-refractivity contribution in [2.24, 2.45) is 11.8 Å². The van der Waals surface area contributed by atoms with Gasteiger partial charge in [0.05, 0.1) is 41.7 Å². The van der Waals surface area contributed by atoms with Gasteiger partial charge in [-0.25, -0.2) is 19.2 Å². The van der Waals surface area contributed by atoms with Crippen molar-refractivity contribution in [1.29, 1.82) is 5.26 Å². The third kappa shape index (κ3) is 7.86. The van der Waals surface area contributed by atoms with Crippen molar-refractivity contribution in [2.45, 2.75) is 77.5 Å². The largest absolute Gasteiger partial charge is 0.481 e. The number of aromatic nitrogens is 2. The fraction of sp³-hybridized carbons (Fsp3) is 0.457. The quantitative estimate of drug-likeness (QED) is 0.207. The second-order valence-corrected chi connectivity index (χ2v) is 12.5. The molecule has 0 radical (unpaired) electrons. The Labute approximate surface area is 276 Å². The molecule has 2 atom stereocenters. The predicted molar refractivity (Wildman–Crippen MR) is 168 cm³/mol. The monoisotopic (exact) mass is 667 g/mol. The number of alkyl halides is 4. The molecular weight excluding hydrogens is 630 g/mol. The van der Waals surface area contributed by atoms with Crippen LogP contribution in [0.15, 0.2) is 48.7 Å². The summed E-state index contributed by atoms with van der Waals surface area (Å²) in [6.07, 6.45) is -1.35. The van der Waals surface area contributed by atoms with Crippen molar-refractivity contribution in [1.82, 2.24) is 14.9 Å². The van der Waals surface area contributed by atoms with Gasteiger partial charge in [-0.1, -0.05) is 12.1 Å². The van der Waals surface area contributed by atoms with Crippen molar-refractivity contribution >= 4 is 17.9 Å². The van der Waals surface area contributed by atoms with E-state index < -0.39 is 42.6 Å². The molecule has 1 aliphatic carbocycles. The Kier molecular flexibility index (Phi) is 10.5. The summed E-state index contributed by atoms with van der Waals surface area (Å²) in [4.78, 5) is 37.7. The number of amides is 1. The number of nitrogens with zero attached hydrogens (tertiary/aromatic N) is 5. The van der Waals surface area contributed by atoms with E-state index >= 15 is 0 Å². The van der Waals surface area contributed by atoms with Gasteiger partial charge < -0.3 is 14.7 Å². The van der Waals surface area contributed by atoms with Crippen LogP contribution in [0.2, 0.25) is 0 Å². The number of aliphatic carboxylic acids is 1. The number of carboxylic acids is 1. The summed E-state index contributed by atoms with van der Waals surface area (Å²) in [7, 11) is 0. The van der Waals surface area contributed by atoms with E-state index in [2.05, 4.69) is 11.0 Å². The van der Waals surface area contributed by atoms with E-state index in [0.29, 0.717) is 47.3 Å². The van der Waals surface area contributed by atoms with E-state index in [-0.39, 0.29) is 30.0 Å². The number of anilines is 1. The standard InChI is InChI=1S/C35H37F4N5O4/c1-3-43(19-24-6-4-22(5-7-24)14-31(45)46)33-30(42-29(18-41-33)26-10-8-23(17-40)9-11-26)20-44-21(2)32(48-34(44)47)27-12-25(16-36)13-28(15-27)35(37,38)39/h8-13,15,18,21-22,24,32H,3-7,14,16,19-20H2,1-2H3,(H,45,46)/t21-,22?,24?,32?/m0/s1. The topological polar surface area (TPSA) is 120 Å². The van der Waals surface area contributed by atoms with Crippen LogP contribution in [0, 0.1) is 23.2 Å². The molecule has 1 N–H and O–H groups in total. The third-order valence-electron chi connectivity index (χ3n) is 9.26. The lowest BCUT2D eigenvalue weighted by molar-refractivity contribution is -0.139. The van der Waals surface area contributed by atoms with Gasteiger partial charge in [-0.15, -0.1) is 0 Å². The fourth-order valence-corrected chi connectivity index (χ4v) is 6.63. The SMILES string of the molecule is CCN(CC1CCC(CC(=O)O)CC1)c1ncc(-c2ccc(C#N)cc2)nc1CN1C(=O)OC(c2cc(CF)cc(C(F)(F)F)c2)[C@@H]1C. The normalized spacial score (nSPS) is 21.1. The highest BCUT2D eigenvalue weighted by Gasteiger charge is 2.42. The first-order valence-corrected chi connectivity index (χ1v) is 16.0. The molecule has 1 saturated carbocycles. The molecule has 0 bridgehead atoms. The zero-order valence-corrected chi connectivity index (χ0v) is 26.7. The molecule has 3 aromatic rings. The summed E-state index contributed by atoms with van der Waals surface area (Å²) < 4.78 is 60.0. The maximum Gasteiger partial charge on any atom is 0.416 e. The first-order valence-electron chi connectivity index (χ1n) is 16.0. The number of hydrogen-bond acceptors (Lipinski definition) is 7. The van der Waals surface area contributed by atoms with Crippen LogP contribution < -0.4 is 4.90 Å². The van der Waals surface area contributed by atoms with Crippen LogP contribution in [-0.4, -0.2) is 51.2 Å². The lowest BCUT2D eigenvalue weighted by Crippen LogP contribution is -2.36. The number of carbonyl (C=O) groups excluding carboxylic acids is 1. The Morgan fingerprint density at radius 2 is 1.81 bits per heavy atom. The van der Waals surface area contributed by atoms with Gasteiger partial charge in [-0.3, -0.25) is 9.69 Å². The molecule has 254 valence electrons. The Morgan fingerprint density at radius 3 is 2.42 bits per heavy atom. The van der Waals surface area contributed by atoms with Crippen molar-refractivity contribution in [3.05, 3.63) is 76.6 Å². The molecule has 2 heterocycles. The lowest BCUT2D eigenvalue weighted by Gasteiger charge is -2.33. The number of carboxylic acid groups (broad SMARTS) is 1. The van der Waals surface area contributed by atoms with Crippen LogP contribution in [0.1, 0.15) is 80.0 Å². The van der Waals surface area contributed by atoms with E-state index in [1.54, 1.807) is 37.4 Å². The van der Waals surface area contributed by atoms with Gasteiger partial charge in [0, 0.05) is 25.1 Å².